The highest BCUT2D eigenvalue weighted by atomic mass is 16.5. The highest BCUT2D eigenvalue weighted by Crippen LogP contribution is 2.28. The summed E-state index contributed by atoms with van der Waals surface area (Å²) in [5.41, 5.74) is 6.82. The Balaban J connectivity index is 1.73. The Morgan fingerprint density at radius 1 is 1.39 bits per heavy atom. The maximum Gasteiger partial charge on any atom is 0.248 e. The lowest BCUT2D eigenvalue weighted by molar-refractivity contribution is 0.100. The first kappa shape index (κ1) is 17.3. The molecule has 1 aromatic carbocycles. The number of carbonyl (C=O) groups excluding carboxylic acids is 1. The number of rotatable bonds is 8. The van der Waals surface area contributed by atoms with Crippen molar-refractivity contribution < 1.29 is 9.53 Å². The Bertz CT molecular complexity index is 538. The fraction of sp³-hybridized carbons (Fsp3) is 0.529. The first-order chi connectivity index (χ1) is 11.1. The van der Waals surface area contributed by atoms with E-state index < -0.39 is 5.91 Å². The van der Waals surface area contributed by atoms with Crippen molar-refractivity contribution in [2.75, 3.05) is 33.9 Å². The Morgan fingerprint density at radius 3 is 2.65 bits per heavy atom. The van der Waals surface area contributed by atoms with E-state index in [1.165, 1.54) is 12.8 Å². The van der Waals surface area contributed by atoms with Crippen molar-refractivity contribution in [2.45, 2.75) is 19.4 Å². The lowest BCUT2D eigenvalue weighted by Gasteiger charge is -2.22. The molecule has 6 heteroatoms. The van der Waals surface area contributed by atoms with Gasteiger partial charge < -0.3 is 20.7 Å². The fourth-order valence-corrected chi connectivity index (χ4v) is 2.19. The zero-order valence-corrected chi connectivity index (χ0v) is 13.9. The summed E-state index contributed by atoms with van der Waals surface area (Å²) < 4.78 is 5.65. The van der Waals surface area contributed by atoms with Gasteiger partial charge in [0, 0.05) is 39.4 Å². The second kappa shape index (κ2) is 8.53. The molecule has 0 spiro atoms. The van der Waals surface area contributed by atoms with Crippen molar-refractivity contribution in [1.82, 2.24) is 10.2 Å². The van der Waals surface area contributed by atoms with E-state index in [1.54, 1.807) is 19.2 Å². The lowest BCUT2D eigenvalue weighted by atomic mass is 10.1. The van der Waals surface area contributed by atoms with Gasteiger partial charge in [0.15, 0.2) is 5.96 Å². The van der Waals surface area contributed by atoms with Crippen molar-refractivity contribution in [2.24, 2.45) is 16.6 Å². The summed E-state index contributed by atoms with van der Waals surface area (Å²) in [6, 6.07) is 7.24. The second-order valence-corrected chi connectivity index (χ2v) is 5.90. The molecule has 1 fully saturated rings. The van der Waals surface area contributed by atoms with Crippen LogP contribution >= 0.6 is 0 Å². The van der Waals surface area contributed by atoms with Gasteiger partial charge in [-0.2, -0.15) is 0 Å². The lowest BCUT2D eigenvalue weighted by Crippen LogP contribution is -2.40. The van der Waals surface area contributed by atoms with Gasteiger partial charge in [0.2, 0.25) is 5.91 Å². The van der Waals surface area contributed by atoms with Gasteiger partial charge in [-0.25, -0.2) is 0 Å². The van der Waals surface area contributed by atoms with Crippen LogP contribution in [-0.2, 0) is 11.3 Å². The quantitative estimate of drug-likeness (QED) is 0.429. The van der Waals surface area contributed by atoms with E-state index >= 15 is 0 Å². The molecule has 1 aliphatic rings. The molecule has 0 saturated heterocycles. The third-order valence-corrected chi connectivity index (χ3v) is 3.88. The maximum absolute atomic E-state index is 11.1. The number of primary amides is 1. The molecule has 0 aliphatic heterocycles. The van der Waals surface area contributed by atoms with Crippen molar-refractivity contribution in [3.8, 4) is 0 Å². The topological polar surface area (TPSA) is 79.9 Å². The Hall–Kier alpha value is -2.08. The molecule has 0 radical (unpaired) electrons. The zero-order valence-electron chi connectivity index (χ0n) is 13.9. The smallest absolute Gasteiger partial charge is 0.248 e. The molecule has 126 valence electrons. The number of hydrogen-bond acceptors (Lipinski definition) is 3. The van der Waals surface area contributed by atoms with E-state index in [1.807, 2.05) is 24.1 Å². The summed E-state index contributed by atoms with van der Waals surface area (Å²) in [4.78, 5) is 17.4. The molecule has 0 bridgehead atoms. The first-order valence-corrected chi connectivity index (χ1v) is 7.98. The van der Waals surface area contributed by atoms with E-state index in [4.69, 9.17) is 10.5 Å². The van der Waals surface area contributed by atoms with Crippen LogP contribution < -0.4 is 11.1 Å². The molecule has 0 heterocycles. The Morgan fingerprint density at radius 2 is 2.09 bits per heavy atom. The third kappa shape index (κ3) is 5.90. The van der Waals surface area contributed by atoms with E-state index in [0.717, 1.165) is 30.6 Å². The summed E-state index contributed by atoms with van der Waals surface area (Å²) in [6.07, 6.45) is 2.63. The highest BCUT2D eigenvalue weighted by molar-refractivity contribution is 5.92. The maximum atomic E-state index is 11.1. The molecule has 1 amide bonds. The third-order valence-electron chi connectivity index (χ3n) is 3.88. The largest absolute Gasteiger partial charge is 0.379 e. The predicted molar refractivity (Wildman–Crippen MR) is 91.3 cm³/mol. The average molecular weight is 318 g/mol. The first-order valence-electron chi connectivity index (χ1n) is 7.98. The van der Waals surface area contributed by atoms with Gasteiger partial charge in [0.25, 0.3) is 0 Å². The number of likely N-dealkylation sites (N-methyl/N-ethyl adjacent to an activating group) is 1. The number of nitrogens with zero attached hydrogens (tertiary/aromatic N) is 2. The standard InChI is InChI=1S/C17H26N4O2/c1-19-17(21(2)9-10-23-12-14-3-4-14)20-11-13-5-7-15(8-6-13)16(18)22/h5-8,14H,3-4,9-12H2,1-2H3,(H2,18,22)(H,19,20). The molecular weight excluding hydrogens is 292 g/mol. The molecule has 0 aromatic heterocycles. The predicted octanol–water partition coefficient (Wildman–Crippen LogP) is 1.22. The van der Waals surface area contributed by atoms with E-state index in [-0.39, 0.29) is 0 Å². The number of carbonyl (C=O) groups is 1. The molecule has 1 aliphatic carbocycles. The molecule has 0 unspecified atom stereocenters. The minimum absolute atomic E-state index is 0.411. The molecule has 23 heavy (non-hydrogen) atoms. The molecule has 3 N–H and O–H groups in total. The number of aliphatic imine (C=N–C) groups is 1. The van der Waals surface area contributed by atoms with Crippen molar-refractivity contribution in [3.63, 3.8) is 0 Å². The minimum atomic E-state index is -0.411. The van der Waals surface area contributed by atoms with E-state index in [2.05, 4.69) is 10.3 Å². The summed E-state index contributed by atoms with van der Waals surface area (Å²) in [5, 5.41) is 3.30. The number of amides is 1. The number of guanidine groups is 1. The van der Waals surface area contributed by atoms with Crippen LogP contribution in [0, 0.1) is 5.92 Å². The van der Waals surface area contributed by atoms with Crippen molar-refractivity contribution >= 4 is 11.9 Å². The van der Waals surface area contributed by atoms with Crippen molar-refractivity contribution in [3.05, 3.63) is 35.4 Å². The van der Waals surface area contributed by atoms with Gasteiger partial charge >= 0.3 is 0 Å². The van der Waals surface area contributed by atoms with Gasteiger partial charge in [-0.05, 0) is 36.5 Å². The Labute approximate surface area is 137 Å². The molecule has 2 rings (SSSR count). The van der Waals surface area contributed by atoms with Crippen LogP contribution in [0.2, 0.25) is 0 Å². The van der Waals surface area contributed by atoms with Crippen LogP contribution in [0.15, 0.2) is 29.3 Å². The molecule has 0 atom stereocenters. The van der Waals surface area contributed by atoms with Crippen LogP contribution in [0.5, 0.6) is 0 Å². The van der Waals surface area contributed by atoms with Crippen LogP contribution in [0.25, 0.3) is 0 Å². The summed E-state index contributed by atoms with van der Waals surface area (Å²) in [6.45, 7) is 3.03. The van der Waals surface area contributed by atoms with Gasteiger partial charge in [-0.15, -0.1) is 0 Å². The molecule has 6 nitrogen and oxygen atoms in total. The van der Waals surface area contributed by atoms with E-state index in [9.17, 15) is 4.79 Å². The normalized spacial score (nSPS) is 14.6. The van der Waals surface area contributed by atoms with Crippen LogP contribution in [0.3, 0.4) is 0 Å². The van der Waals surface area contributed by atoms with Crippen molar-refractivity contribution in [1.29, 1.82) is 0 Å². The monoisotopic (exact) mass is 318 g/mol. The number of benzene rings is 1. The second-order valence-electron chi connectivity index (χ2n) is 5.90. The van der Waals surface area contributed by atoms with Gasteiger partial charge in [0.1, 0.15) is 0 Å². The number of ether oxygens (including phenoxy) is 1. The van der Waals surface area contributed by atoms with E-state index in [0.29, 0.717) is 18.7 Å². The molecule has 1 saturated carbocycles. The molecular formula is C17H26N4O2. The van der Waals surface area contributed by atoms with Crippen LogP contribution in [-0.4, -0.2) is 50.6 Å². The highest BCUT2D eigenvalue weighted by Gasteiger charge is 2.21. The Kier molecular flexibility index (Phi) is 6.40. The van der Waals surface area contributed by atoms with Gasteiger partial charge in [-0.1, -0.05) is 12.1 Å². The molecule has 1 aromatic rings. The summed E-state index contributed by atoms with van der Waals surface area (Å²) in [5.74, 6) is 1.20. The zero-order chi connectivity index (χ0) is 16.7. The van der Waals surface area contributed by atoms with Gasteiger partial charge in [0.05, 0.1) is 6.61 Å². The summed E-state index contributed by atoms with van der Waals surface area (Å²) >= 11 is 0. The average Bonchev–Trinajstić information content (AvgIpc) is 3.37. The fourth-order valence-electron chi connectivity index (χ4n) is 2.19. The number of nitrogens with one attached hydrogen (secondary N) is 1. The number of nitrogens with two attached hydrogens (primary N) is 1. The van der Waals surface area contributed by atoms with Crippen LogP contribution in [0.1, 0.15) is 28.8 Å². The van der Waals surface area contributed by atoms with Gasteiger partial charge in [-0.3, -0.25) is 9.79 Å². The SMILES string of the molecule is CN=C(NCc1ccc(C(N)=O)cc1)N(C)CCOCC1CC1. The number of hydrogen-bond donors (Lipinski definition) is 2. The van der Waals surface area contributed by atoms with Crippen LogP contribution in [0.4, 0.5) is 0 Å². The minimum Gasteiger partial charge on any atom is -0.379 e. The summed E-state index contributed by atoms with van der Waals surface area (Å²) in [7, 11) is 3.76.